The number of anilines is 1. The van der Waals surface area contributed by atoms with Crippen molar-refractivity contribution in [1.29, 1.82) is 0 Å². The SMILES string of the molecule is C[C@@H](NC(=O)CN1C(=O)COc2ccc(C(=O)COc3ccc(Cl)cc3)cc21)c1ccccc1. The van der Waals surface area contributed by atoms with E-state index in [0.29, 0.717) is 27.8 Å². The topological polar surface area (TPSA) is 84.9 Å². The molecule has 8 heteroatoms. The van der Waals surface area contributed by atoms with Gasteiger partial charge < -0.3 is 14.8 Å². The normalized spacial score (nSPS) is 13.5. The first-order valence-corrected chi connectivity index (χ1v) is 11.1. The molecule has 0 saturated heterocycles. The van der Waals surface area contributed by atoms with E-state index in [2.05, 4.69) is 5.32 Å². The molecule has 0 bridgehead atoms. The van der Waals surface area contributed by atoms with Gasteiger partial charge in [0.15, 0.2) is 19.0 Å². The molecule has 1 heterocycles. The van der Waals surface area contributed by atoms with E-state index in [1.165, 1.54) is 4.90 Å². The highest BCUT2D eigenvalue weighted by atomic mass is 35.5. The number of halogens is 1. The molecule has 1 aliphatic rings. The van der Waals surface area contributed by atoms with Crippen molar-refractivity contribution in [2.45, 2.75) is 13.0 Å². The minimum absolute atomic E-state index is 0.179. The van der Waals surface area contributed by atoms with Crippen LogP contribution in [0.2, 0.25) is 5.02 Å². The van der Waals surface area contributed by atoms with Gasteiger partial charge in [-0.3, -0.25) is 19.3 Å². The molecule has 1 atom stereocenters. The lowest BCUT2D eigenvalue weighted by Crippen LogP contribution is -2.45. The number of carbonyl (C=O) groups is 3. The predicted octanol–water partition coefficient (Wildman–Crippen LogP) is 4.20. The molecule has 2 amide bonds. The lowest BCUT2D eigenvalue weighted by atomic mass is 10.1. The third-order valence-corrected chi connectivity index (χ3v) is 5.64. The summed E-state index contributed by atoms with van der Waals surface area (Å²) in [5.41, 5.74) is 1.67. The monoisotopic (exact) mass is 478 g/mol. The van der Waals surface area contributed by atoms with Gasteiger partial charge in [-0.05, 0) is 55.0 Å². The Balaban J connectivity index is 1.45. The summed E-state index contributed by atoms with van der Waals surface area (Å²) < 4.78 is 11.0. The number of hydrogen-bond acceptors (Lipinski definition) is 5. The van der Waals surface area contributed by atoms with Crippen molar-refractivity contribution in [2.24, 2.45) is 0 Å². The molecule has 3 aromatic rings. The van der Waals surface area contributed by atoms with Gasteiger partial charge in [0.05, 0.1) is 11.7 Å². The molecule has 0 unspecified atom stereocenters. The molecule has 0 radical (unpaired) electrons. The second-order valence-electron chi connectivity index (χ2n) is 7.82. The van der Waals surface area contributed by atoms with E-state index in [9.17, 15) is 14.4 Å². The second kappa shape index (κ2) is 10.4. The van der Waals surface area contributed by atoms with Crippen molar-refractivity contribution in [3.05, 3.63) is 88.9 Å². The molecule has 0 aliphatic carbocycles. The van der Waals surface area contributed by atoms with Crippen LogP contribution >= 0.6 is 11.6 Å². The Bertz CT molecular complexity index is 1200. The van der Waals surface area contributed by atoms with Crippen molar-refractivity contribution >= 4 is 34.9 Å². The Morgan fingerprint density at radius 1 is 1.09 bits per heavy atom. The smallest absolute Gasteiger partial charge is 0.265 e. The third-order valence-electron chi connectivity index (χ3n) is 5.39. The number of hydrogen-bond donors (Lipinski definition) is 1. The quantitative estimate of drug-likeness (QED) is 0.490. The van der Waals surface area contributed by atoms with Gasteiger partial charge in [0.1, 0.15) is 18.0 Å². The fourth-order valence-corrected chi connectivity index (χ4v) is 3.69. The summed E-state index contributed by atoms with van der Waals surface area (Å²) in [6.07, 6.45) is 0. The van der Waals surface area contributed by atoms with Gasteiger partial charge in [-0.2, -0.15) is 0 Å². The maximum Gasteiger partial charge on any atom is 0.265 e. The minimum atomic E-state index is -0.364. The molecular formula is C26H23ClN2O5. The van der Waals surface area contributed by atoms with Gasteiger partial charge in [0.2, 0.25) is 5.91 Å². The summed E-state index contributed by atoms with van der Waals surface area (Å²) in [7, 11) is 0. The van der Waals surface area contributed by atoms with Crippen LogP contribution in [0.25, 0.3) is 0 Å². The zero-order chi connectivity index (χ0) is 24.1. The first-order chi connectivity index (χ1) is 16.4. The van der Waals surface area contributed by atoms with E-state index in [1.807, 2.05) is 37.3 Å². The third kappa shape index (κ3) is 5.55. The minimum Gasteiger partial charge on any atom is -0.485 e. The summed E-state index contributed by atoms with van der Waals surface area (Å²) in [4.78, 5) is 39.3. The lowest BCUT2D eigenvalue weighted by Gasteiger charge is -2.29. The van der Waals surface area contributed by atoms with Gasteiger partial charge >= 0.3 is 0 Å². The standard InChI is InChI=1S/C26H23ClN2O5/c1-17(18-5-3-2-4-6-18)28-25(31)14-29-22-13-19(7-12-24(22)34-16-26(29)32)23(30)15-33-21-10-8-20(27)9-11-21/h2-13,17H,14-16H2,1H3,(H,28,31)/t17-/m1/s1. The molecule has 1 aliphatic heterocycles. The summed E-state index contributed by atoms with van der Waals surface area (Å²) in [5, 5.41) is 3.47. The van der Waals surface area contributed by atoms with Crippen LogP contribution in [-0.2, 0) is 9.59 Å². The number of ketones is 1. The Labute approximate surface area is 202 Å². The van der Waals surface area contributed by atoms with E-state index >= 15 is 0 Å². The molecule has 0 saturated carbocycles. The van der Waals surface area contributed by atoms with Gasteiger partial charge in [-0.25, -0.2) is 0 Å². The molecule has 0 spiro atoms. The largest absolute Gasteiger partial charge is 0.485 e. The number of benzene rings is 3. The second-order valence-corrected chi connectivity index (χ2v) is 8.25. The lowest BCUT2D eigenvalue weighted by molar-refractivity contribution is -0.125. The molecule has 0 aromatic heterocycles. The van der Waals surface area contributed by atoms with Gasteiger partial charge in [-0.1, -0.05) is 41.9 Å². The van der Waals surface area contributed by atoms with Gasteiger partial charge in [0.25, 0.3) is 5.91 Å². The summed E-state index contributed by atoms with van der Waals surface area (Å²) in [6, 6.07) is 20.8. The predicted molar refractivity (Wildman–Crippen MR) is 129 cm³/mol. The number of carbonyl (C=O) groups excluding carboxylic acids is 3. The zero-order valence-electron chi connectivity index (χ0n) is 18.5. The fourth-order valence-electron chi connectivity index (χ4n) is 3.57. The van der Waals surface area contributed by atoms with Crippen LogP contribution < -0.4 is 19.7 Å². The van der Waals surface area contributed by atoms with E-state index in [4.69, 9.17) is 21.1 Å². The highest BCUT2D eigenvalue weighted by Gasteiger charge is 2.28. The average Bonchev–Trinajstić information content (AvgIpc) is 2.85. The van der Waals surface area contributed by atoms with Crippen LogP contribution in [-0.4, -0.2) is 37.4 Å². The molecular weight excluding hydrogens is 456 g/mol. The first-order valence-electron chi connectivity index (χ1n) is 10.7. The summed E-state index contributed by atoms with van der Waals surface area (Å²) in [5.74, 6) is -0.0195. The van der Waals surface area contributed by atoms with Crippen LogP contribution in [0.3, 0.4) is 0 Å². The zero-order valence-corrected chi connectivity index (χ0v) is 19.2. The molecule has 0 fully saturated rings. The Morgan fingerprint density at radius 3 is 2.56 bits per heavy atom. The molecule has 4 rings (SSSR count). The Morgan fingerprint density at radius 2 is 1.82 bits per heavy atom. The van der Waals surface area contributed by atoms with Crippen molar-refractivity contribution < 1.29 is 23.9 Å². The number of fused-ring (bicyclic) bond motifs is 1. The maximum atomic E-state index is 12.7. The summed E-state index contributed by atoms with van der Waals surface area (Å²) >= 11 is 5.86. The van der Waals surface area contributed by atoms with E-state index in [1.54, 1.807) is 42.5 Å². The summed E-state index contributed by atoms with van der Waals surface area (Å²) in [6.45, 7) is 1.32. The first kappa shape index (κ1) is 23.3. The Hall–Kier alpha value is -3.84. The van der Waals surface area contributed by atoms with Crippen LogP contribution in [0.4, 0.5) is 5.69 Å². The number of amides is 2. The number of nitrogens with one attached hydrogen (secondary N) is 1. The van der Waals surface area contributed by atoms with Crippen molar-refractivity contribution in [3.63, 3.8) is 0 Å². The van der Waals surface area contributed by atoms with Crippen LogP contribution in [0.15, 0.2) is 72.8 Å². The van der Waals surface area contributed by atoms with E-state index in [-0.39, 0.29) is 43.4 Å². The maximum absolute atomic E-state index is 12.7. The molecule has 1 N–H and O–H groups in total. The molecule has 7 nitrogen and oxygen atoms in total. The number of rotatable bonds is 8. The molecule has 174 valence electrons. The van der Waals surface area contributed by atoms with Crippen LogP contribution in [0.1, 0.15) is 28.9 Å². The average molecular weight is 479 g/mol. The van der Waals surface area contributed by atoms with Gasteiger partial charge in [-0.15, -0.1) is 0 Å². The van der Waals surface area contributed by atoms with E-state index in [0.717, 1.165) is 5.56 Å². The number of nitrogens with zero attached hydrogens (tertiary/aromatic N) is 1. The van der Waals surface area contributed by atoms with Gasteiger partial charge in [0, 0.05) is 10.6 Å². The highest BCUT2D eigenvalue weighted by Crippen LogP contribution is 2.33. The molecule has 34 heavy (non-hydrogen) atoms. The Kier molecular flexibility index (Phi) is 7.13. The van der Waals surface area contributed by atoms with Crippen molar-refractivity contribution in [3.8, 4) is 11.5 Å². The molecule has 3 aromatic carbocycles. The van der Waals surface area contributed by atoms with Crippen molar-refractivity contribution in [1.82, 2.24) is 5.32 Å². The van der Waals surface area contributed by atoms with E-state index < -0.39 is 0 Å². The van der Waals surface area contributed by atoms with Crippen LogP contribution in [0.5, 0.6) is 11.5 Å². The number of ether oxygens (including phenoxy) is 2. The van der Waals surface area contributed by atoms with Crippen LogP contribution in [0, 0.1) is 0 Å². The highest BCUT2D eigenvalue weighted by molar-refractivity contribution is 6.30. The van der Waals surface area contributed by atoms with Crippen molar-refractivity contribution in [2.75, 3.05) is 24.7 Å². The number of Topliss-reactive ketones (excluding diaryl/α,β-unsaturated/α-hetero) is 1. The fraction of sp³-hybridized carbons (Fsp3) is 0.192.